The Hall–Kier alpha value is -4.46. The van der Waals surface area contributed by atoms with Crippen LogP contribution < -0.4 is 25.2 Å². The molecule has 43 heavy (non-hydrogen) atoms. The van der Waals surface area contributed by atoms with Gasteiger partial charge in [0.1, 0.15) is 40.9 Å². The van der Waals surface area contributed by atoms with E-state index < -0.39 is 35.5 Å². The van der Waals surface area contributed by atoms with Crippen LogP contribution in [0.25, 0.3) is 0 Å². The molecule has 3 rings (SSSR count). The average molecular weight is 614 g/mol. The minimum Gasteiger partial charge on any atom is -0.497 e. The van der Waals surface area contributed by atoms with Gasteiger partial charge in [0.15, 0.2) is 0 Å². The van der Waals surface area contributed by atoms with Crippen molar-refractivity contribution >= 4 is 17.9 Å². The molecule has 234 valence electrons. The first-order chi connectivity index (χ1) is 20.4. The number of nitrogens with zero attached hydrogens (tertiary/aromatic N) is 2. The second kappa shape index (κ2) is 16.9. The Kier molecular flexibility index (Phi) is 13.6. The number of methoxy groups -OCH3 is 2. The number of alkyl halides is 2. The number of rotatable bonds is 13. The number of carbonyl (C=O) groups is 2. The number of aromatic nitrogens is 1. The molecule has 9 nitrogen and oxygen atoms in total. The average Bonchev–Trinajstić information content (AvgIpc) is 2.97. The molecule has 0 bridgehead atoms. The van der Waals surface area contributed by atoms with Crippen LogP contribution in [0, 0.1) is 17.5 Å². The lowest BCUT2D eigenvalue weighted by molar-refractivity contribution is -0.108. The second-order valence-corrected chi connectivity index (χ2v) is 9.00. The molecule has 1 atom stereocenters. The van der Waals surface area contributed by atoms with Gasteiger partial charge in [-0.1, -0.05) is 0 Å². The zero-order valence-corrected chi connectivity index (χ0v) is 23.9. The number of anilines is 1. The largest absolute Gasteiger partial charge is 0.497 e. The Morgan fingerprint density at radius 1 is 1.05 bits per heavy atom. The predicted molar refractivity (Wildman–Crippen MR) is 149 cm³/mol. The standard InChI is InChI=1S/C20H23F3N2O4.C9H9F2NO2/c1-24(18-8-14(21)12-25(20(18)27)5-7-28-2)11-13(4-6-26)19-16(22)9-15(29-3)10-17(19)23;1-12-8(13)6-2-4-7(5-3-6)14-9(10)11/h6,8-10,12-13H,4-5,7,11H2,1-3H3;2-5,9H,1H3,(H,12,13). The van der Waals surface area contributed by atoms with Crippen LogP contribution in [-0.2, 0) is 16.1 Å². The lowest BCUT2D eigenvalue weighted by Gasteiger charge is -2.26. The number of benzene rings is 2. The number of aldehydes is 1. The van der Waals surface area contributed by atoms with Crippen molar-refractivity contribution in [3.05, 3.63) is 87.6 Å². The minimum absolute atomic E-state index is 0.00586. The van der Waals surface area contributed by atoms with Crippen LogP contribution >= 0.6 is 0 Å². The van der Waals surface area contributed by atoms with Crippen LogP contribution in [0.3, 0.4) is 0 Å². The maximum Gasteiger partial charge on any atom is 0.387 e. The van der Waals surface area contributed by atoms with Crippen LogP contribution in [-0.4, -0.2) is 64.8 Å². The van der Waals surface area contributed by atoms with Gasteiger partial charge in [-0.05, 0) is 24.3 Å². The van der Waals surface area contributed by atoms with Gasteiger partial charge < -0.3 is 33.8 Å². The van der Waals surface area contributed by atoms with Crippen molar-refractivity contribution in [3.8, 4) is 11.5 Å². The molecule has 3 aromatic rings. The lowest BCUT2D eigenvalue weighted by Crippen LogP contribution is -2.33. The van der Waals surface area contributed by atoms with E-state index >= 15 is 0 Å². The Morgan fingerprint density at radius 2 is 1.67 bits per heavy atom. The van der Waals surface area contributed by atoms with Crippen molar-refractivity contribution in [2.75, 3.05) is 46.4 Å². The van der Waals surface area contributed by atoms with Gasteiger partial charge in [0.2, 0.25) is 0 Å². The van der Waals surface area contributed by atoms with Gasteiger partial charge in [0.05, 0.1) is 13.7 Å². The van der Waals surface area contributed by atoms with Gasteiger partial charge in [-0.3, -0.25) is 9.59 Å². The first kappa shape index (κ1) is 34.7. The molecule has 0 fully saturated rings. The van der Waals surface area contributed by atoms with E-state index in [-0.39, 0.29) is 54.8 Å². The lowest BCUT2D eigenvalue weighted by atomic mass is 9.94. The van der Waals surface area contributed by atoms with E-state index in [9.17, 15) is 36.3 Å². The number of hydrogen-bond donors (Lipinski definition) is 1. The molecule has 0 spiro atoms. The van der Waals surface area contributed by atoms with E-state index in [0.29, 0.717) is 11.8 Å². The Balaban J connectivity index is 0.000000385. The summed E-state index contributed by atoms with van der Waals surface area (Å²) in [6.45, 7) is -2.57. The van der Waals surface area contributed by atoms with E-state index in [1.807, 2.05) is 0 Å². The molecule has 0 aliphatic heterocycles. The minimum atomic E-state index is -2.85. The Labute approximate surface area is 244 Å². The summed E-state index contributed by atoms with van der Waals surface area (Å²) in [4.78, 5) is 36.2. The summed E-state index contributed by atoms with van der Waals surface area (Å²) in [7, 11) is 5.72. The molecule has 0 aliphatic rings. The van der Waals surface area contributed by atoms with Crippen molar-refractivity contribution in [3.63, 3.8) is 0 Å². The van der Waals surface area contributed by atoms with Gasteiger partial charge in [0, 0.05) is 82.2 Å². The summed E-state index contributed by atoms with van der Waals surface area (Å²) in [6.07, 6.45) is 1.42. The van der Waals surface area contributed by atoms with Crippen LogP contribution in [0.2, 0.25) is 0 Å². The fourth-order valence-corrected chi connectivity index (χ4v) is 4.04. The quantitative estimate of drug-likeness (QED) is 0.226. The number of nitrogens with one attached hydrogen (secondary N) is 1. The van der Waals surface area contributed by atoms with E-state index in [2.05, 4.69) is 10.1 Å². The molecule has 1 aromatic heterocycles. The first-order valence-corrected chi connectivity index (χ1v) is 12.8. The summed E-state index contributed by atoms with van der Waals surface area (Å²) in [6, 6.07) is 8.55. The second-order valence-electron chi connectivity index (χ2n) is 9.00. The van der Waals surface area contributed by atoms with Crippen molar-refractivity contribution < 1.29 is 45.8 Å². The summed E-state index contributed by atoms with van der Waals surface area (Å²) in [5, 5.41) is 2.41. The zero-order valence-electron chi connectivity index (χ0n) is 23.9. The number of amides is 1. The van der Waals surface area contributed by atoms with E-state index in [1.54, 1.807) is 0 Å². The Morgan fingerprint density at radius 3 is 2.19 bits per heavy atom. The third kappa shape index (κ3) is 10.1. The van der Waals surface area contributed by atoms with Crippen LogP contribution in [0.1, 0.15) is 28.3 Å². The molecular weight excluding hydrogens is 581 g/mol. The molecule has 14 heteroatoms. The molecule has 0 radical (unpaired) electrons. The van der Waals surface area contributed by atoms with Crippen molar-refractivity contribution in [1.29, 1.82) is 0 Å². The fraction of sp³-hybridized carbons (Fsp3) is 0.345. The van der Waals surface area contributed by atoms with Crippen LogP contribution in [0.15, 0.2) is 53.5 Å². The molecule has 0 saturated carbocycles. The van der Waals surface area contributed by atoms with E-state index in [4.69, 9.17) is 9.47 Å². The van der Waals surface area contributed by atoms with Crippen LogP contribution in [0.5, 0.6) is 11.5 Å². The smallest absolute Gasteiger partial charge is 0.387 e. The number of carbonyl (C=O) groups excluding carboxylic acids is 2. The zero-order chi connectivity index (χ0) is 32.1. The van der Waals surface area contributed by atoms with Gasteiger partial charge in [-0.2, -0.15) is 8.78 Å². The SMILES string of the molecule is CNC(=O)c1ccc(OC(F)F)cc1.COCCn1cc(F)cc(N(C)CC(CC=O)c2c(F)cc(OC)cc2F)c1=O. The molecular formula is C29H32F5N3O6. The molecule has 0 aliphatic carbocycles. The van der Waals surface area contributed by atoms with Gasteiger partial charge in [0.25, 0.3) is 11.5 Å². The number of likely N-dealkylation sites (N-methyl/N-ethyl adjacent to an activating group) is 1. The molecule has 1 amide bonds. The summed E-state index contributed by atoms with van der Waals surface area (Å²) < 4.78 is 81.5. The molecule has 1 heterocycles. The normalized spacial score (nSPS) is 11.3. The third-order valence-corrected chi connectivity index (χ3v) is 6.12. The number of pyridine rings is 1. The maximum absolute atomic E-state index is 14.5. The summed E-state index contributed by atoms with van der Waals surface area (Å²) in [5.41, 5.74) is -0.368. The van der Waals surface area contributed by atoms with Crippen molar-refractivity contribution in [2.45, 2.75) is 25.5 Å². The fourth-order valence-electron chi connectivity index (χ4n) is 4.04. The maximum atomic E-state index is 14.5. The third-order valence-electron chi connectivity index (χ3n) is 6.12. The highest BCUT2D eigenvalue weighted by atomic mass is 19.3. The number of halogens is 5. The van der Waals surface area contributed by atoms with Crippen molar-refractivity contribution in [1.82, 2.24) is 9.88 Å². The molecule has 2 aromatic carbocycles. The van der Waals surface area contributed by atoms with Gasteiger partial charge in [-0.15, -0.1) is 0 Å². The first-order valence-electron chi connectivity index (χ1n) is 12.8. The Bertz CT molecular complexity index is 1400. The van der Waals surface area contributed by atoms with Crippen LogP contribution in [0.4, 0.5) is 27.6 Å². The summed E-state index contributed by atoms with van der Waals surface area (Å²) >= 11 is 0. The van der Waals surface area contributed by atoms with Gasteiger partial charge in [-0.25, -0.2) is 13.2 Å². The molecule has 1 N–H and O–H groups in total. The predicted octanol–water partition coefficient (Wildman–Crippen LogP) is 4.38. The highest BCUT2D eigenvalue weighted by molar-refractivity contribution is 5.94. The van der Waals surface area contributed by atoms with Gasteiger partial charge >= 0.3 is 6.61 Å². The van der Waals surface area contributed by atoms with Crippen molar-refractivity contribution in [2.24, 2.45) is 0 Å². The molecule has 0 saturated heterocycles. The highest BCUT2D eigenvalue weighted by Gasteiger charge is 2.24. The summed E-state index contributed by atoms with van der Waals surface area (Å²) in [5.74, 6) is -3.48. The molecule has 1 unspecified atom stereocenters. The van der Waals surface area contributed by atoms with E-state index in [0.717, 1.165) is 29.0 Å². The number of hydrogen-bond acceptors (Lipinski definition) is 7. The topological polar surface area (TPSA) is 99.1 Å². The number of ether oxygens (including phenoxy) is 3. The highest BCUT2D eigenvalue weighted by Crippen LogP contribution is 2.30. The monoisotopic (exact) mass is 613 g/mol. The van der Waals surface area contributed by atoms with E-state index in [1.165, 1.54) is 57.5 Å².